The zero-order chi connectivity index (χ0) is 11.4. The Morgan fingerprint density at radius 1 is 1.56 bits per heavy atom. The van der Waals surface area contributed by atoms with Crippen molar-refractivity contribution in [1.29, 1.82) is 0 Å². The first kappa shape index (κ1) is 11.5. The monoisotopic (exact) mass is 225 g/mol. The quantitative estimate of drug-likeness (QED) is 0.840. The lowest BCUT2D eigenvalue weighted by Crippen LogP contribution is -2.34. The van der Waals surface area contributed by atoms with E-state index in [4.69, 9.17) is 9.26 Å². The van der Waals surface area contributed by atoms with Crippen LogP contribution in [0.5, 0.6) is 0 Å². The van der Waals surface area contributed by atoms with Gasteiger partial charge in [0.2, 0.25) is 5.89 Å². The van der Waals surface area contributed by atoms with Gasteiger partial charge in [0.15, 0.2) is 5.82 Å². The van der Waals surface area contributed by atoms with Gasteiger partial charge in [-0.25, -0.2) is 0 Å². The Bertz CT molecular complexity index is 327. The molecule has 2 unspecified atom stereocenters. The highest BCUT2D eigenvalue weighted by Crippen LogP contribution is 2.26. The molecule has 0 radical (unpaired) electrons. The molecule has 16 heavy (non-hydrogen) atoms. The van der Waals surface area contributed by atoms with Crippen molar-refractivity contribution in [2.24, 2.45) is 0 Å². The van der Waals surface area contributed by atoms with Gasteiger partial charge < -0.3 is 14.6 Å². The second-order valence-electron chi connectivity index (χ2n) is 4.26. The molecule has 1 fully saturated rings. The van der Waals surface area contributed by atoms with Crippen LogP contribution in [-0.2, 0) is 11.3 Å². The van der Waals surface area contributed by atoms with Crippen molar-refractivity contribution >= 4 is 0 Å². The molecule has 2 atom stereocenters. The molecule has 0 amide bonds. The number of aromatic nitrogens is 2. The van der Waals surface area contributed by atoms with E-state index in [2.05, 4.69) is 22.4 Å². The van der Waals surface area contributed by atoms with Crippen LogP contribution in [0.2, 0.25) is 0 Å². The molecule has 1 aromatic rings. The molecule has 5 nitrogen and oxygen atoms in total. The lowest BCUT2D eigenvalue weighted by atomic mass is 9.93. The van der Waals surface area contributed by atoms with Gasteiger partial charge in [-0.15, -0.1) is 0 Å². The summed E-state index contributed by atoms with van der Waals surface area (Å²) in [5.74, 6) is 1.82. The van der Waals surface area contributed by atoms with Gasteiger partial charge in [0.1, 0.15) is 6.61 Å². The van der Waals surface area contributed by atoms with Gasteiger partial charge in [-0.05, 0) is 33.2 Å². The minimum absolute atomic E-state index is 0.402. The molecule has 2 heterocycles. The molecular formula is C11H19N3O2. The molecule has 0 saturated carbocycles. The average molecular weight is 225 g/mol. The molecule has 0 aliphatic carbocycles. The van der Waals surface area contributed by atoms with Crippen molar-refractivity contribution in [3.05, 3.63) is 11.7 Å². The van der Waals surface area contributed by atoms with Crippen LogP contribution >= 0.6 is 0 Å². The van der Waals surface area contributed by atoms with Gasteiger partial charge >= 0.3 is 0 Å². The van der Waals surface area contributed by atoms with Gasteiger partial charge in [-0.3, -0.25) is 0 Å². The molecule has 0 aromatic carbocycles. The van der Waals surface area contributed by atoms with Gasteiger partial charge in [0, 0.05) is 18.6 Å². The van der Waals surface area contributed by atoms with Crippen molar-refractivity contribution in [3.8, 4) is 0 Å². The predicted octanol–water partition coefficient (Wildman–Crippen LogP) is 1.46. The van der Waals surface area contributed by atoms with E-state index in [9.17, 15) is 0 Å². The molecule has 1 aromatic heterocycles. The lowest BCUT2D eigenvalue weighted by molar-refractivity contribution is 0.126. The smallest absolute Gasteiger partial charge is 0.229 e. The number of ether oxygens (including phenoxy) is 1. The van der Waals surface area contributed by atoms with E-state index in [-0.39, 0.29) is 0 Å². The van der Waals surface area contributed by atoms with Crippen molar-refractivity contribution in [2.75, 3.05) is 13.2 Å². The van der Waals surface area contributed by atoms with Crippen LogP contribution in [0.4, 0.5) is 0 Å². The fraction of sp³-hybridized carbons (Fsp3) is 0.818. The van der Waals surface area contributed by atoms with E-state index in [1.165, 1.54) is 0 Å². The highest BCUT2D eigenvalue weighted by Gasteiger charge is 2.24. The van der Waals surface area contributed by atoms with Gasteiger partial charge in [0.05, 0.1) is 0 Å². The summed E-state index contributed by atoms with van der Waals surface area (Å²) in [6, 6.07) is 0.529. The second kappa shape index (κ2) is 5.41. The van der Waals surface area contributed by atoms with E-state index in [1.807, 2.05) is 6.92 Å². The maximum Gasteiger partial charge on any atom is 0.229 e. The fourth-order valence-corrected chi connectivity index (χ4v) is 2.04. The molecule has 0 spiro atoms. The average Bonchev–Trinajstić information content (AvgIpc) is 2.75. The maximum atomic E-state index is 5.28. The summed E-state index contributed by atoms with van der Waals surface area (Å²) in [7, 11) is 0. The minimum Gasteiger partial charge on any atom is -0.374 e. The predicted molar refractivity (Wildman–Crippen MR) is 59.1 cm³/mol. The largest absolute Gasteiger partial charge is 0.374 e. The van der Waals surface area contributed by atoms with Crippen molar-refractivity contribution in [2.45, 2.75) is 45.3 Å². The first-order valence-electron chi connectivity index (χ1n) is 5.93. The standard InChI is InChI=1S/C11H19N3O2/c1-3-15-7-10-13-11(16-14-10)9-4-5-12-8(2)6-9/h8-9,12H,3-7H2,1-2H3. The molecular weight excluding hydrogens is 206 g/mol. The van der Waals surface area contributed by atoms with Crippen molar-refractivity contribution < 1.29 is 9.26 Å². The van der Waals surface area contributed by atoms with Crippen LogP contribution in [-0.4, -0.2) is 29.3 Å². The van der Waals surface area contributed by atoms with Crippen LogP contribution in [0.15, 0.2) is 4.52 Å². The van der Waals surface area contributed by atoms with Crippen molar-refractivity contribution in [3.63, 3.8) is 0 Å². The number of nitrogens with zero attached hydrogens (tertiary/aromatic N) is 2. The Kier molecular flexibility index (Phi) is 3.90. The van der Waals surface area contributed by atoms with Crippen LogP contribution in [0.1, 0.15) is 44.3 Å². The molecule has 1 N–H and O–H groups in total. The summed E-state index contributed by atoms with van der Waals surface area (Å²) in [6.07, 6.45) is 2.14. The summed E-state index contributed by atoms with van der Waals surface area (Å²) in [6.45, 7) is 6.28. The zero-order valence-electron chi connectivity index (χ0n) is 9.90. The third-order valence-corrected chi connectivity index (χ3v) is 2.89. The number of piperidine rings is 1. The van der Waals surface area contributed by atoms with Crippen LogP contribution in [0, 0.1) is 0 Å². The fourth-order valence-electron chi connectivity index (χ4n) is 2.04. The highest BCUT2D eigenvalue weighted by molar-refractivity contribution is 4.97. The molecule has 5 heteroatoms. The minimum atomic E-state index is 0.402. The second-order valence-corrected chi connectivity index (χ2v) is 4.26. The number of nitrogens with one attached hydrogen (secondary N) is 1. The third-order valence-electron chi connectivity index (χ3n) is 2.89. The summed E-state index contributed by atoms with van der Waals surface area (Å²) >= 11 is 0. The number of hydrogen-bond acceptors (Lipinski definition) is 5. The van der Waals surface area contributed by atoms with E-state index >= 15 is 0 Å². The number of hydrogen-bond donors (Lipinski definition) is 1. The molecule has 1 saturated heterocycles. The van der Waals surface area contributed by atoms with Crippen molar-refractivity contribution in [1.82, 2.24) is 15.5 Å². The van der Waals surface area contributed by atoms with E-state index < -0.39 is 0 Å². The van der Waals surface area contributed by atoms with E-state index in [0.717, 1.165) is 25.3 Å². The van der Waals surface area contributed by atoms with Crippen LogP contribution in [0.25, 0.3) is 0 Å². The highest BCUT2D eigenvalue weighted by atomic mass is 16.5. The Morgan fingerprint density at radius 2 is 2.44 bits per heavy atom. The lowest BCUT2D eigenvalue weighted by Gasteiger charge is -2.25. The van der Waals surface area contributed by atoms with Gasteiger partial charge in [0.25, 0.3) is 0 Å². The Morgan fingerprint density at radius 3 is 3.19 bits per heavy atom. The maximum absolute atomic E-state index is 5.28. The number of rotatable bonds is 4. The van der Waals surface area contributed by atoms with E-state index in [0.29, 0.717) is 31.0 Å². The van der Waals surface area contributed by atoms with Crippen LogP contribution in [0.3, 0.4) is 0 Å². The molecule has 1 aliphatic rings. The Labute approximate surface area is 95.6 Å². The van der Waals surface area contributed by atoms with Gasteiger partial charge in [-0.2, -0.15) is 4.98 Å². The summed E-state index contributed by atoms with van der Waals surface area (Å²) < 4.78 is 10.5. The summed E-state index contributed by atoms with van der Waals surface area (Å²) in [4.78, 5) is 4.38. The molecule has 1 aliphatic heterocycles. The normalized spacial score (nSPS) is 25.9. The van der Waals surface area contributed by atoms with Crippen LogP contribution < -0.4 is 5.32 Å². The van der Waals surface area contributed by atoms with Gasteiger partial charge in [-0.1, -0.05) is 5.16 Å². The Balaban J connectivity index is 1.95. The summed E-state index contributed by atoms with van der Waals surface area (Å²) in [5, 5.41) is 7.33. The first-order chi connectivity index (χ1) is 7.79. The molecule has 2 rings (SSSR count). The first-order valence-corrected chi connectivity index (χ1v) is 5.93. The summed E-state index contributed by atoms with van der Waals surface area (Å²) in [5.41, 5.74) is 0. The Hall–Kier alpha value is -0.940. The zero-order valence-corrected chi connectivity index (χ0v) is 9.90. The molecule has 0 bridgehead atoms. The third kappa shape index (κ3) is 2.80. The molecule has 90 valence electrons. The topological polar surface area (TPSA) is 60.2 Å². The van der Waals surface area contributed by atoms with E-state index in [1.54, 1.807) is 0 Å². The SMILES string of the molecule is CCOCc1noc(C2CCNC(C)C2)n1.